The first kappa shape index (κ1) is 9.49. The van der Waals surface area contributed by atoms with Gasteiger partial charge in [0, 0.05) is 6.54 Å². The Morgan fingerprint density at radius 3 is 2.86 bits per heavy atom. The van der Waals surface area contributed by atoms with Crippen molar-refractivity contribution < 1.29 is 4.79 Å². The van der Waals surface area contributed by atoms with E-state index in [9.17, 15) is 4.79 Å². The summed E-state index contributed by atoms with van der Waals surface area (Å²) >= 11 is 0. The molecule has 2 atom stereocenters. The fraction of sp³-hybridized carbons (Fsp3) is 0.800. The topological polar surface area (TPSA) is 53.5 Å². The predicted octanol–water partition coefficient (Wildman–Crippen LogP) is 0.640. The van der Waals surface area contributed by atoms with Crippen molar-refractivity contribution in [1.29, 1.82) is 0 Å². The molecule has 2 fully saturated rings. The van der Waals surface area contributed by atoms with Crippen LogP contribution in [0.4, 0.5) is 0 Å². The second-order valence-electron chi connectivity index (χ2n) is 4.22. The van der Waals surface area contributed by atoms with E-state index in [4.69, 9.17) is 0 Å². The molecule has 4 nitrogen and oxygen atoms in total. The van der Waals surface area contributed by atoms with Gasteiger partial charge in [-0.3, -0.25) is 15.1 Å². The molecule has 1 heterocycles. The van der Waals surface area contributed by atoms with E-state index in [0.717, 1.165) is 25.8 Å². The summed E-state index contributed by atoms with van der Waals surface area (Å²) in [6.45, 7) is 4.95. The largest absolute Gasteiger partial charge is 0.341 e. The molecule has 1 spiro atoms. The molecular formula is C10H17N3O. The molecule has 0 aromatic carbocycles. The van der Waals surface area contributed by atoms with Crippen molar-refractivity contribution in [1.82, 2.24) is 10.6 Å². The van der Waals surface area contributed by atoms with Crippen molar-refractivity contribution in [2.75, 3.05) is 6.54 Å². The van der Waals surface area contributed by atoms with E-state index < -0.39 is 0 Å². The van der Waals surface area contributed by atoms with E-state index in [1.807, 2.05) is 0 Å². The second-order valence-corrected chi connectivity index (χ2v) is 4.22. The van der Waals surface area contributed by atoms with Crippen LogP contribution in [0.15, 0.2) is 4.99 Å². The highest BCUT2D eigenvalue weighted by Crippen LogP contribution is 2.40. The van der Waals surface area contributed by atoms with Gasteiger partial charge in [-0.15, -0.1) is 0 Å². The van der Waals surface area contributed by atoms with Crippen LogP contribution >= 0.6 is 0 Å². The highest BCUT2D eigenvalue weighted by molar-refractivity contribution is 6.09. The van der Waals surface area contributed by atoms with Gasteiger partial charge in [0.15, 0.2) is 5.96 Å². The van der Waals surface area contributed by atoms with Crippen LogP contribution in [-0.2, 0) is 4.79 Å². The minimum absolute atomic E-state index is 0.103. The Labute approximate surface area is 84.2 Å². The lowest BCUT2D eigenvalue weighted by atomic mass is 9.68. The van der Waals surface area contributed by atoms with Crippen LogP contribution in [0.3, 0.4) is 0 Å². The molecule has 0 aromatic heterocycles. The third kappa shape index (κ3) is 1.21. The van der Waals surface area contributed by atoms with Gasteiger partial charge in [0.05, 0.1) is 0 Å². The lowest BCUT2D eigenvalue weighted by molar-refractivity contribution is -0.129. The maximum absolute atomic E-state index is 11.7. The highest BCUT2D eigenvalue weighted by atomic mass is 16.2. The van der Waals surface area contributed by atoms with Crippen molar-refractivity contribution >= 4 is 11.9 Å². The number of amides is 1. The first-order valence-corrected chi connectivity index (χ1v) is 5.33. The van der Waals surface area contributed by atoms with Gasteiger partial charge in [-0.1, -0.05) is 13.8 Å². The Bertz CT molecular complexity index is 287. The summed E-state index contributed by atoms with van der Waals surface area (Å²) < 4.78 is 0. The summed E-state index contributed by atoms with van der Waals surface area (Å²) in [4.78, 5) is 16.0. The Morgan fingerprint density at radius 2 is 2.43 bits per heavy atom. The van der Waals surface area contributed by atoms with E-state index in [2.05, 4.69) is 29.5 Å². The monoisotopic (exact) mass is 195 g/mol. The quantitative estimate of drug-likeness (QED) is 0.679. The Morgan fingerprint density at radius 1 is 1.64 bits per heavy atom. The fourth-order valence-corrected chi connectivity index (χ4v) is 2.07. The number of nitrogens with zero attached hydrogens (tertiary/aromatic N) is 1. The zero-order chi connectivity index (χ0) is 10.2. The van der Waals surface area contributed by atoms with E-state index in [-0.39, 0.29) is 11.4 Å². The molecule has 1 aliphatic heterocycles. The van der Waals surface area contributed by atoms with Crippen molar-refractivity contribution in [3.63, 3.8) is 0 Å². The number of aliphatic imine (C=N–C) groups is 1. The molecule has 0 aromatic rings. The summed E-state index contributed by atoms with van der Waals surface area (Å²) in [6.07, 6.45) is 3.07. The van der Waals surface area contributed by atoms with Crippen LogP contribution < -0.4 is 10.6 Å². The van der Waals surface area contributed by atoms with E-state index in [1.54, 1.807) is 0 Å². The molecule has 0 radical (unpaired) electrons. The van der Waals surface area contributed by atoms with E-state index in [0.29, 0.717) is 11.9 Å². The molecule has 1 amide bonds. The molecule has 2 aliphatic rings. The van der Waals surface area contributed by atoms with Crippen molar-refractivity contribution in [2.45, 2.75) is 38.6 Å². The van der Waals surface area contributed by atoms with Crippen LogP contribution in [0.25, 0.3) is 0 Å². The highest BCUT2D eigenvalue weighted by Gasteiger charge is 2.54. The molecule has 4 heteroatoms. The first-order valence-electron chi connectivity index (χ1n) is 5.33. The Kier molecular flexibility index (Phi) is 2.21. The van der Waals surface area contributed by atoms with Gasteiger partial charge in [-0.05, 0) is 25.2 Å². The lowest BCUT2D eigenvalue weighted by Crippen LogP contribution is -2.58. The van der Waals surface area contributed by atoms with Gasteiger partial charge in [0.1, 0.15) is 5.54 Å². The van der Waals surface area contributed by atoms with Crippen LogP contribution in [0.5, 0.6) is 0 Å². The Hall–Kier alpha value is -1.06. The van der Waals surface area contributed by atoms with Crippen LogP contribution in [0, 0.1) is 5.92 Å². The minimum Gasteiger partial charge on any atom is -0.341 e. The molecule has 78 valence electrons. The summed E-state index contributed by atoms with van der Waals surface area (Å²) in [5.74, 6) is 1.20. The molecule has 1 saturated carbocycles. The van der Waals surface area contributed by atoms with Gasteiger partial charge >= 0.3 is 0 Å². The SMILES string of the molecule is CCCN=C1NC(=O)C2(CCC2C)N1. The van der Waals surface area contributed by atoms with Crippen LogP contribution in [0.1, 0.15) is 33.1 Å². The van der Waals surface area contributed by atoms with Gasteiger partial charge in [-0.2, -0.15) is 0 Å². The summed E-state index contributed by atoms with van der Waals surface area (Å²) in [6, 6.07) is 0. The van der Waals surface area contributed by atoms with Crippen LogP contribution in [0.2, 0.25) is 0 Å². The molecule has 14 heavy (non-hydrogen) atoms. The zero-order valence-electron chi connectivity index (χ0n) is 8.76. The maximum Gasteiger partial charge on any atom is 0.252 e. The predicted molar refractivity (Wildman–Crippen MR) is 55.0 cm³/mol. The van der Waals surface area contributed by atoms with E-state index >= 15 is 0 Å². The maximum atomic E-state index is 11.7. The second kappa shape index (κ2) is 3.26. The third-order valence-electron chi connectivity index (χ3n) is 3.29. The normalized spacial score (nSPS) is 38.3. The minimum atomic E-state index is -0.327. The van der Waals surface area contributed by atoms with Crippen molar-refractivity contribution in [3.05, 3.63) is 0 Å². The molecule has 0 bridgehead atoms. The third-order valence-corrected chi connectivity index (χ3v) is 3.29. The zero-order valence-corrected chi connectivity index (χ0v) is 8.76. The smallest absolute Gasteiger partial charge is 0.252 e. The average molecular weight is 195 g/mol. The number of nitrogens with one attached hydrogen (secondary N) is 2. The van der Waals surface area contributed by atoms with E-state index in [1.165, 1.54) is 0 Å². The van der Waals surface area contributed by atoms with Gasteiger partial charge in [0.25, 0.3) is 5.91 Å². The molecule has 2 rings (SSSR count). The number of rotatable bonds is 2. The number of carbonyl (C=O) groups is 1. The fourth-order valence-electron chi connectivity index (χ4n) is 2.07. The number of hydrogen-bond donors (Lipinski definition) is 2. The number of guanidine groups is 1. The van der Waals surface area contributed by atoms with Gasteiger partial charge in [0.2, 0.25) is 0 Å². The standard InChI is InChI=1S/C10H17N3O/c1-3-6-11-9-12-8(14)10(13-9)5-4-7(10)2/h7H,3-6H2,1-2H3,(H2,11,12,13,14). The Balaban J connectivity index is 2.07. The number of hydrogen-bond acceptors (Lipinski definition) is 2. The lowest BCUT2D eigenvalue weighted by Gasteiger charge is -2.42. The van der Waals surface area contributed by atoms with Gasteiger partial charge in [-0.25, -0.2) is 0 Å². The molecule has 2 N–H and O–H groups in total. The summed E-state index contributed by atoms with van der Waals surface area (Å²) in [5, 5.41) is 6.04. The van der Waals surface area contributed by atoms with Gasteiger partial charge < -0.3 is 5.32 Å². The molecule has 2 unspecified atom stereocenters. The van der Waals surface area contributed by atoms with Crippen molar-refractivity contribution in [2.24, 2.45) is 10.9 Å². The molecule has 1 saturated heterocycles. The first-order chi connectivity index (χ1) is 6.69. The molecular weight excluding hydrogens is 178 g/mol. The summed E-state index contributed by atoms with van der Waals surface area (Å²) in [7, 11) is 0. The number of carbonyl (C=O) groups excluding carboxylic acids is 1. The van der Waals surface area contributed by atoms with Crippen molar-refractivity contribution in [3.8, 4) is 0 Å². The molecule has 1 aliphatic carbocycles. The average Bonchev–Trinajstić information content (AvgIpc) is 2.52. The van der Waals surface area contributed by atoms with Crippen LogP contribution in [-0.4, -0.2) is 24.0 Å². The summed E-state index contributed by atoms with van der Waals surface area (Å²) in [5.41, 5.74) is -0.327.